The fourth-order valence-corrected chi connectivity index (χ4v) is 2.61. The standard InChI is InChI=1S/C22H23N3O2/c1-15(2)27-21-9-7-18(8-10-21)24-20-12-17(13-23-14-20)22(26)25-19-6-4-5-16(3)11-19/h4-15,24H,1-3H3,(H,25,26). The summed E-state index contributed by atoms with van der Waals surface area (Å²) in [7, 11) is 0. The topological polar surface area (TPSA) is 63.2 Å². The van der Waals surface area contributed by atoms with Crippen LogP contribution in [0.4, 0.5) is 17.1 Å². The summed E-state index contributed by atoms with van der Waals surface area (Å²) in [5.74, 6) is 0.623. The molecule has 2 N–H and O–H groups in total. The molecule has 0 saturated heterocycles. The van der Waals surface area contributed by atoms with Gasteiger partial charge in [0.1, 0.15) is 5.75 Å². The summed E-state index contributed by atoms with van der Waals surface area (Å²) >= 11 is 0. The van der Waals surface area contributed by atoms with Crippen LogP contribution >= 0.6 is 0 Å². The Morgan fingerprint density at radius 3 is 2.44 bits per heavy atom. The van der Waals surface area contributed by atoms with Crippen molar-refractivity contribution >= 4 is 23.0 Å². The van der Waals surface area contributed by atoms with E-state index in [4.69, 9.17) is 4.74 Å². The van der Waals surface area contributed by atoms with Crippen LogP contribution in [0.2, 0.25) is 0 Å². The number of pyridine rings is 1. The highest BCUT2D eigenvalue weighted by Crippen LogP contribution is 2.21. The number of aromatic nitrogens is 1. The van der Waals surface area contributed by atoms with Gasteiger partial charge in [-0.3, -0.25) is 9.78 Å². The second-order valence-electron chi connectivity index (χ2n) is 6.60. The molecular weight excluding hydrogens is 338 g/mol. The maximum atomic E-state index is 12.5. The van der Waals surface area contributed by atoms with Crippen LogP contribution in [0.3, 0.4) is 0 Å². The maximum Gasteiger partial charge on any atom is 0.257 e. The van der Waals surface area contributed by atoms with Gasteiger partial charge >= 0.3 is 0 Å². The van der Waals surface area contributed by atoms with Crippen molar-refractivity contribution in [1.82, 2.24) is 4.98 Å². The highest BCUT2D eigenvalue weighted by Gasteiger charge is 2.08. The van der Waals surface area contributed by atoms with Gasteiger partial charge in [0.15, 0.2) is 0 Å². The van der Waals surface area contributed by atoms with Gasteiger partial charge in [-0.1, -0.05) is 12.1 Å². The maximum absolute atomic E-state index is 12.5. The summed E-state index contributed by atoms with van der Waals surface area (Å²) < 4.78 is 5.64. The summed E-state index contributed by atoms with van der Waals surface area (Å²) in [6, 6.07) is 17.1. The molecule has 1 amide bonds. The highest BCUT2D eigenvalue weighted by molar-refractivity contribution is 6.04. The van der Waals surface area contributed by atoms with Crippen LogP contribution in [0, 0.1) is 6.92 Å². The van der Waals surface area contributed by atoms with Crippen molar-refractivity contribution < 1.29 is 9.53 Å². The molecule has 0 saturated carbocycles. The van der Waals surface area contributed by atoms with Crippen molar-refractivity contribution in [2.24, 2.45) is 0 Å². The first-order valence-corrected chi connectivity index (χ1v) is 8.86. The molecule has 5 nitrogen and oxygen atoms in total. The van der Waals surface area contributed by atoms with E-state index in [9.17, 15) is 4.79 Å². The summed E-state index contributed by atoms with van der Waals surface area (Å²) in [6.07, 6.45) is 3.37. The average molecular weight is 361 g/mol. The van der Waals surface area contributed by atoms with Crippen molar-refractivity contribution in [3.8, 4) is 5.75 Å². The van der Waals surface area contributed by atoms with E-state index in [2.05, 4.69) is 15.6 Å². The number of ether oxygens (including phenoxy) is 1. The number of hydrogen-bond acceptors (Lipinski definition) is 4. The molecule has 0 aliphatic heterocycles. The summed E-state index contributed by atoms with van der Waals surface area (Å²) in [4.78, 5) is 16.7. The van der Waals surface area contributed by atoms with E-state index < -0.39 is 0 Å². The van der Waals surface area contributed by atoms with E-state index in [0.29, 0.717) is 5.56 Å². The third-order valence-electron chi connectivity index (χ3n) is 3.79. The molecule has 0 aliphatic rings. The first-order chi connectivity index (χ1) is 13.0. The van der Waals surface area contributed by atoms with E-state index in [1.165, 1.54) is 0 Å². The second kappa shape index (κ2) is 8.36. The van der Waals surface area contributed by atoms with Gasteiger partial charge in [-0.05, 0) is 68.8 Å². The van der Waals surface area contributed by atoms with Crippen molar-refractivity contribution in [2.45, 2.75) is 26.9 Å². The number of amides is 1. The van der Waals surface area contributed by atoms with Gasteiger partial charge in [0.25, 0.3) is 5.91 Å². The number of anilines is 3. The Hall–Kier alpha value is -3.34. The zero-order valence-electron chi connectivity index (χ0n) is 15.7. The molecule has 3 aromatic rings. The molecule has 0 fully saturated rings. The van der Waals surface area contributed by atoms with Gasteiger partial charge in [-0.2, -0.15) is 0 Å². The summed E-state index contributed by atoms with van der Waals surface area (Å²) in [5, 5.41) is 6.15. The Kier molecular flexibility index (Phi) is 5.71. The number of carbonyl (C=O) groups excluding carboxylic acids is 1. The number of hydrogen-bond donors (Lipinski definition) is 2. The van der Waals surface area contributed by atoms with E-state index in [-0.39, 0.29) is 12.0 Å². The van der Waals surface area contributed by atoms with Gasteiger partial charge in [0.05, 0.1) is 23.6 Å². The van der Waals surface area contributed by atoms with Gasteiger partial charge < -0.3 is 15.4 Å². The van der Waals surface area contributed by atoms with E-state index in [1.54, 1.807) is 18.5 Å². The van der Waals surface area contributed by atoms with Crippen LogP contribution in [0.25, 0.3) is 0 Å². The zero-order chi connectivity index (χ0) is 19.2. The van der Waals surface area contributed by atoms with Crippen molar-refractivity contribution in [2.75, 3.05) is 10.6 Å². The number of nitrogens with one attached hydrogen (secondary N) is 2. The van der Waals surface area contributed by atoms with Gasteiger partial charge in [0.2, 0.25) is 0 Å². The monoisotopic (exact) mass is 361 g/mol. The van der Waals surface area contributed by atoms with E-state index in [1.807, 2.05) is 69.3 Å². The SMILES string of the molecule is Cc1cccc(NC(=O)c2cncc(Nc3ccc(OC(C)C)cc3)c2)c1. The van der Waals surface area contributed by atoms with Crippen LogP contribution < -0.4 is 15.4 Å². The average Bonchev–Trinajstić information content (AvgIpc) is 2.63. The van der Waals surface area contributed by atoms with Crippen molar-refractivity contribution in [3.05, 3.63) is 78.1 Å². The van der Waals surface area contributed by atoms with E-state index in [0.717, 1.165) is 28.4 Å². The molecule has 1 aromatic heterocycles. The lowest BCUT2D eigenvalue weighted by molar-refractivity contribution is 0.102. The predicted molar refractivity (Wildman–Crippen MR) is 109 cm³/mol. The molecule has 0 atom stereocenters. The van der Waals surface area contributed by atoms with E-state index >= 15 is 0 Å². The van der Waals surface area contributed by atoms with Crippen LogP contribution in [0.15, 0.2) is 67.0 Å². The number of carbonyl (C=O) groups is 1. The van der Waals surface area contributed by atoms with Crippen molar-refractivity contribution in [1.29, 1.82) is 0 Å². The Morgan fingerprint density at radius 1 is 0.963 bits per heavy atom. The van der Waals surface area contributed by atoms with Crippen LogP contribution in [0.5, 0.6) is 5.75 Å². The molecule has 1 heterocycles. The lowest BCUT2D eigenvalue weighted by atomic mass is 10.2. The number of aryl methyl sites for hydroxylation is 1. The normalized spacial score (nSPS) is 10.5. The fourth-order valence-electron chi connectivity index (χ4n) is 2.61. The molecule has 0 bridgehead atoms. The minimum absolute atomic E-state index is 0.136. The Balaban J connectivity index is 1.68. The summed E-state index contributed by atoms with van der Waals surface area (Å²) in [6.45, 7) is 5.97. The molecule has 27 heavy (non-hydrogen) atoms. The summed E-state index contributed by atoms with van der Waals surface area (Å²) in [5.41, 5.74) is 3.97. The number of rotatable bonds is 6. The van der Waals surface area contributed by atoms with Gasteiger partial charge in [0, 0.05) is 17.6 Å². The quantitative estimate of drug-likeness (QED) is 0.635. The molecule has 3 rings (SSSR count). The smallest absolute Gasteiger partial charge is 0.257 e. The third kappa shape index (κ3) is 5.31. The Bertz CT molecular complexity index is 921. The lowest BCUT2D eigenvalue weighted by Gasteiger charge is -2.11. The van der Waals surface area contributed by atoms with Crippen LogP contribution in [0.1, 0.15) is 29.8 Å². The number of benzene rings is 2. The van der Waals surface area contributed by atoms with Crippen LogP contribution in [-0.2, 0) is 0 Å². The number of nitrogens with zero attached hydrogens (tertiary/aromatic N) is 1. The molecule has 0 radical (unpaired) electrons. The van der Waals surface area contributed by atoms with Crippen LogP contribution in [-0.4, -0.2) is 17.0 Å². The van der Waals surface area contributed by atoms with Crippen molar-refractivity contribution in [3.63, 3.8) is 0 Å². The zero-order valence-corrected chi connectivity index (χ0v) is 15.7. The Morgan fingerprint density at radius 2 is 1.74 bits per heavy atom. The lowest BCUT2D eigenvalue weighted by Crippen LogP contribution is -2.12. The van der Waals surface area contributed by atoms with Gasteiger partial charge in [-0.15, -0.1) is 0 Å². The molecule has 0 aliphatic carbocycles. The molecular formula is C22H23N3O2. The highest BCUT2D eigenvalue weighted by atomic mass is 16.5. The molecule has 2 aromatic carbocycles. The second-order valence-corrected chi connectivity index (χ2v) is 6.60. The third-order valence-corrected chi connectivity index (χ3v) is 3.79. The first kappa shape index (κ1) is 18.5. The minimum Gasteiger partial charge on any atom is -0.491 e. The molecule has 138 valence electrons. The minimum atomic E-state index is -0.197. The molecule has 0 spiro atoms. The fraction of sp³-hybridized carbons (Fsp3) is 0.182. The largest absolute Gasteiger partial charge is 0.491 e. The molecule has 0 unspecified atom stereocenters. The predicted octanol–water partition coefficient (Wildman–Crippen LogP) is 5.17. The first-order valence-electron chi connectivity index (χ1n) is 8.86. The van der Waals surface area contributed by atoms with Gasteiger partial charge in [-0.25, -0.2) is 0 Å². The molecule has 5 heteroatoms. The Labute approximate surface area is 159 Å².